The Labute approximate surface area is 198 Å². The van der Waals surface area contributed by atoms with Crippen LogP contribution in [0.1, 0.15) is 21.7 Å². The quantitative estimate of drug-likeness (QED) is 0.310. The van der Waals surface area contributed by atoms with Crippen molar-refractivity contribution in [1.29, 1.82) is 0 Å². The molecule has 8 nitrogen and oxygen atoms in total. The van der Waals surface area contributed by atoms with Crippen molar-refractivity contribution >= 4 is 35.8 Å². The minimum Gasteiger partial charge on any atom is -0.459 e. The van der Waals surface area contributed by atoms with Gasteiger partial charge in [-0.25, -0.2) is 0 Å². The number of hydrogen-bond acceptors (Lipinski definition) is 4. The van der Waals surface area contributed by atoms with Crippen molar-refractivity contribution in [1.82, 2.24) is 24.9 Å². The van der Waals surface area contributed by atoms with Crippen molar-refractivity contribution in [2.75, 3.05) is 33.2 Å². The van der Waals surface area contributed by atoms with E-state index in [1.165, 1.54) is 11.8 Å². The highest BCUT2D eigenvalue weighted by molar-refractivity contribution is 14.0. The summed E-state index contributed by atoms with van der Waals surface area (Å²) >= 11 is 0. The minimum absolute atomic E-state index is 0. The Morgan fingerprint density at radius 3 is 2.48 bits per heavy atom. The summed E-state index contributed by atoms with van der Waals surface area (Å²) in [7, 11) is 1.78. The van der Waals surface area contributed by atoms with E-state index in [1.807, 2.05) is 40.2 Å². The van der Waals surface area contributed by atoms with Crippen LogP contribution in [0, 0.1) is 0 Å². The van der Waals surface area contributed by atoms with E-state index in [9.17, 15) is 4.79 Å². The van der Waals surface area contributed by atoms with Crippen molar-refractivity contribution in [3.8, 4) is 0 Å². The van der Waals surface area contributed by atoms with Gasteiger partial charge in [-0.15, -0.1) is 24.0 Å². The molecule has 31 heavy (non-hydrogen) atoms. The normalized spacial score (nSPS) is 14.3. The largest absolute Gasteiger partial charge is 0.459 e. The number of nitrogens with one attached hydrogen (secondary N) is 1. The van der Waals surface area contributed by atoms with E-state index in [0.717, 1.165) is 31.2 Å². The van der Waals surface area contributed by atoms with Gasteiger partial charge < -0.3 is 19.5 Å². The van der Waals surface area contributed by atoms with E-state index < -0.39 is 0 Å². The maximum Gasteiger partial charge on any atom is 0.289 e. The molecule has 1 aliphatic heterocycles. The number of guanidine groups is 1. The van der Waals surface area contributed by atoms with Crippen molar-refractivity contribution < 1.29 is 9.21 Å². The Bertz CT molecular complexity index is 979. The molecule has 1 N–H and O–H groups in total. The summed E-state index contributed by atoms with van der Waals surface area (Å²) in [6, 6.07) is 13.7. The van der Waals surface area contributed by atoms with Gasteiger partial charge in [-0.1, -0.05) is 30.3 Å². The average Bonchev–Trinajstić information content (AvgIpc) is 3.47. The van der Waals surface area contributed by atoms with Crippen LogP contribution in [0.5, 0.6) is 0 Å². The molecule has 9 heteroatoms. The molecule has 0 bridgehead atoms. The summed E-state index contributed by atoms with van der Waals surface area (Å²) in [5.74, 6) is 1.16. The van der Waals surface area contributed by atoms with E-state index in [1.54, 1.807) is 19.2 Å². The first-order valence-electron chi connectivity index (χ1n) is 10.1. The lowest BCUT2D eigenvalue weighted by atomic mass is 10.2. The first-order chi connectivity index (χ1) is 14.7. The van der Waals surface area contributed by atoms with E-state index >= 15 is 0 Å². The molecule has 3 heterocycles. The van der Waals surface area contributed by atoms with Crippen LogP contribution in [0.4, 0.5) is 0 Å². The second-order valence-corrected chi connectivity index (χ2v) is 7.19. The fourth-order valence-corrected chi connectivity index (χ4v) is 3.55. The molecule has 1 fully saturated rings. The Morgan fingerprint density at radius 1 is 1.06 bits per heavy atom. The van der Waals surface area contributed by atoms with Gasteiger partial charge in [0.15, 0.2) is 11.7 Å². The third-order valence-electron chi connectivity index (χ3n) is 5.13. The Morgan fingerprint density at radius 2 is 1.81 bits per heavy atom. The number of carbonyl (C=O) groups is 1. The molecule has 1 aromatic carbocycles. The molecule has 3 aromatic rings. The van der Waals surface area contributed by atoms with Crippen LogP contribution in [-0.2, 0) is 13.1 Å². The summed E-state index contributed by atoms with van der Waals surface area (Å²) < 4.78 is 7.16. The standard InChI is InChI=1S/C22H26N6O2.HI/c1-23-22(27-11-9-26(10-12-27)21(29)20-8-5-13-30-20)24-14-19-15-25-28(17-19)16-18-6-3-2-4-7-18;/h2-8,13,15,17H,9-12,14,16H2,1H3,(H,23,24);1H. The number of piperazine rings is 1. The van der Waals surface area contributed by atoms with Crippen LogP contribution in [0.3, 0.4) is 0 Å². The summed E-state index contributed by atoms with van der Waals surface area (Å²) in [5, 5.41) is 7.86. The van der Waals surface area contributed by atoms with Gasteiger partial charge in [0.2, 0.25) is 0 Å². The van der Waals surface area contributed by atoms with Gasteiger partial charge in [-0.3, -0.25) is 14.5 Å². The lowest BCUT2D eigenvalue weighted by Crippen LogP contribution is -2.53. The number of aliphatic imine (C=N–C) groups is 1. The van der Waals surface area contributed by atoms with Gasteiger partial charge in [0, 0.05) is 51.5 Å². The maximum absolute atomic E-state index is 12.4. The molecule has 0 spiro atoms. The lowest BCUT2D eigenvalue weighted by Gasteiger charge is -2.36. The topological polar surface area (TPSA) is 78.9 Å². The zero-order valence-corrected chi connectivity index (χ0v) is 19.8. The highest BCUT2D eigenvalue weighted by Gasteiger charge is 2.25. The molecule has 0 radical (unpaired) electrons. The van der Waals surface area contributed by atoms with Crippen LogP contribution in [0.2, 0.25) is 0 Å². The van der Waals surface area contributed by atoms with E-state index in [-0.39, 0.29) is 29.9 Å². The van der Waals surface area contributed by atoms with Crippen molar-refractivity contribution in [3.63, 3.8) is 0 Å². The number of halogens is 1. The summed E-state index contributed by atoms with van der Waals surface area (Å²) in [6.07, 6.45) is 5.45. The number of amides is 1. The molecule has 164 valence electrons. The van der Waals surface area contributed by atoms with Gasteiger partial charge in [0.1, 0.15) is 0 Å². The predicted octanol–water partition coefficient (Wildman–Crippen LogP) is 2.68. The fourth-order valence-electron chi connectivity index (χ4n) is 3.55. The number of benzene rings is 1. The molecule has 1 saturated heterocycles. The van der Waals surface area contributed by atoms with Gasteiger partial charge in [0.25, 0.3) is 5.91 Å². The molecular formula is C22H27IN6O2. The van der Waals surface area contributed by atoms with Gasteiger partial charge in [0.05, 0.1) is 19.0 Å². The number of hydrogen-bond donors (Lipinski definition) is 1. The highest BCUT2D eigenvalue weighted by Crippen LogP contribution is 2.10. The summed E-state index contributed by atoms with van der Waals surface area (Å²) in [4.78, 5) is 20.8. The first-order valence-corrected chi connectivity index (χ1v) is 10.1. The highest BCUT2D eigenvalue weighted by atomic mass is 127. The number of nitrogens with zero attached hydrogens (tertiary/aromatic N) is 5. The Balaban J connectivity index is 0.00000272. The third kappa shape index (κ3) is 5.87. The van der Waals surface area contributed by atoms with Gasteiger partial charge >= 0.3 is 0 Å². The van der Waals surface area contributed by atoms with E-state index in [2.05, 4.69) is 32.4 Å². The summed E-state index contributed by atoms with van der Waals surface area (Å²) in [6.45, 7) is 4.11. The molecule has 1 amide bonds. The van der Waals surface area contributed by atoms with Crippen LogP contribution in [0.25, 0.3) is 0 Å². The van der Waals surface area contributed by atoms with Crippen LogP contribution in [-0.4, -0.2) is 64.7 Å². The molecular weight excluding hydrogens is 507 g/mol. The molecule has 0 aliphatic carbocycles. The Kier molecular flexibility index (Phi) is 8.10. The average molecular weight is 534 g/mol. The zero-order chi connectivity index (χ0) is 20.8. The number of rotatable bonds is 5. The first kappa shape index (κ1) is 22.9. The molecule has 2 aromatic heterocycles. The van der Waals surface area contributed by atoms with E-state index in [4.69, 9.17) is 4.42 Å². The SMILES string of the molecule is CN=C(NCc1cnn(Cc2ccccc2)c1)N1CCN(C(=O)c2ccco2)CC1.I. The van der Waals surface area contributed by atoms with Crippen molar-refractivity contribution in [3.05, 3.63) is 78.0 Å². The molecule has 0 unspecified atom stereocenters. The zero-order valence-electron chi connectivity index (χ0n) is 17.5. The Hall–Kier alpha value is -2.82. The smallest absolute Gasteiger partial charge is 0.289 e. The number of aromatic nitrogens is 2. The van der Waals surface area contributed by atoms with Gasteiger partial charge in [-0.2, -0.15) is 5.10 Å². The van der Waals surface area contributed by atoms with Crippen LogP contribution >= 0.6 is 24.0 Å². The second kappa shape index (κ2) is 11.0. The number of furan rings is 1. The van der Waals surface area contributed by atoms with Crippen molar-refractivity contribution in [2.45, 2.75) is 13.1 Å². The number of carbonyl (C=O) groups excluding carboxylic acids is 1. The monoisotopic (exact) mass is 534 g/mol. The minimum atomic E-state index is -0.0616. The predicted molar refractivity (Wildman–Crippen MR) is 130 cm³/mol. The molecule has 0 saturated carbocycles. The molecule has 0 atom stereocenters. The van der Waals surface area contributed by atoms with Crippen molar-refractivity contribution in [2.24, 2.45) is 4.99 Å². The second-order valence-electron chi connectivity index (χ2n) is 7.19. The summed E-state index contributed by atoms with van der Waals surface area (Å²) in [5.41, 5.74) is 2.32. The van der Waals surface area contributed by atoms with Crippen LogP contribution < -0.4 is 5.32 Å². The van der Waals surface area contributed by atoms with Gasteiger partial charge in [-0.05, 0) is 17.7 Å². The van der Waals surface area contributed by atoms with Crippen LogP contribution in [0.15, 0.2) is 70.5 Å². The van der Waals surface area contributed by atoms with E-state index in [0.29, 0.717) is 25.4 Å². The third-order valence-corrected chi connectivity index (χ3v) is 5.13. The maximum atomic E-state index is 12.4. The lowest BCUT2D eigenvalue weighted by molar-refractivity contribution is 0.0657. The molecule has 4 rings (SSSR count). The fraction of sp³-hybridized carbons (Fsp3) is 0.318. The molecule has 1 aliphatic rings.